The number of hydrogen-bond acceptors (Lipinski definition) is 1. The lowest BCUT2D eigenvalue weighted by atomic mass is 10.1. The minimum Gasteiger partial charge on any atom is -0.507 e. The molecule has 14 heavy (non-hydrogen) atoms. The van der Waals surface area contributed by atoms with Gasteiger partial charge in [0.15, 0.2) is 0 Å². The van der Waals surface area contributed by atoms with Crippen molar-refractivity contribution in [3.05, 3.63) is 42.0 Å². The van der Waals surface area contributed by atoms with Crippen LogP contribution in [0.4, 0.5) is 0 Å². The highest BCUT2D eigenvalue weighted by Crippen LogP contribution is 2.36. The van der Waals surface area contributed by atoms with Crippen LogP contribution in [0.2, 0.25) is 0 Å². The predicted molar refractivity (Wildman–Crippen MR) is 60.1 cm³/mol. The molecule has 0 spiro atoms. The lowest BCUT2D eigenvalue weighted by molar-refractivity contribution is 0.476. The van der Waals surface area contributed by atoms with Crippen LogP contribution in [-0.2, 0) is 0 Å². The van der Waals surface area contributed by atoms with Gasteiger partial charge in [-0.25, -0.2) is 0 Å². The summed E-state index contributed by atoms with van der Waals surface area (Å²) in [4.78, 5) is -0.695. The Morgan fingerprint density at radius 1 is 1.00 bits per heavy atom. The molecule has 2 rings (SSSR count). The first-order valence-corrected chi connectivity index (χ1v) is 5.06. The highest BCUT2D eigenvalue weighted by Gasteiger charge is 2.11. The Morgan fingerprint density at radius 2 is 1.71 bits per heavy atom. The minimum absolute atomic E-state index is 0.165. The fourth-order valence-corrected chi connectivity index (χ4v) is 1.80. The van der Waals surface area contributed by atoms with Gasteiger partial charge < -0.3 is 5.11 Å². The van der Waals surface area contributed by atoms with Crippen LogP contribution in [0.25, 0.3) is 10.8 Å². The second-order valence-electron chi connectivity index (χ2n) is 3.03. The van der Waals surface area contributed by atoms with Gasteiger partial charge in [-0.2, -0.15) is 0 Å². The summed E-state index contributed by atoms with van der Waals surface area (Å²) in [7, 11) is 0. The highest BCUT2D eigenvalue weighted by molar-refractivity contribution is 6.44. The van der Waals surface area contributed by atoms with E-state index in [1.807, 2.05) is 30.3 Å². The van der Waals surface area contributed by atoms with Gasteiger partial charge in [0.25, 0.3) is 0 Å². The van der Waals surface area contributed by atoms with E-state index in [-0.39, 0.29) is 5.75 Å². The van der Waals surface area contributed by atoms with Gasteiger partial charge in [0.1, 0.15) is 10.6 Å². The van der Waals surface area contributed by atoms with E-state index < -0.39 is 4.84 Å². The van der Waals surface area contributed by atoms with Gasteiger partial charge >= 0.3 is 0 Å². The van der Waals surface area contributed by atoms with E-state index in [4.69, 9.17) is 23.2 Å². The summed E-state index contributed by atoms with van der Waals surface area (Å²) >= 11 is 11.4. The Hall–Kier alpha value is -0.920. The second kappa shape index (κ2) is 3.68. The van der Waals surface area contributed by atoms with E-state index in [0.717, 1.165) is 10.8 Å². The molecule has 0 saturated carbocycles. The molecule has 2 aromatic rings. The molecule has 2 aromatic carbocycles. The molecule has 0 aromatic heterocycles. The molecule has 0 unspecified atom stereocenters. The molecule has 3 heteroatoms. The molecule has 0 amide bonds. The summed E-state index contributed by atoms with van der Waals surface area (Å²) in [6.07, 6.45) is 0. The van der Waals surface area contributed by atoms with E-state index in [0.29, 0.717) is 5.56 Å². The molecule has 0 bridgehead atoms. The highest BCUT2D eigenvalue weighted by atomic mass is 35.5. The number of hydrogen-bond donors (Lipinski definition) is 1. The quantitative estimate of drug-likeness (QED) is 0.729. The Kier molecular flexibility index (Phi) is 2.53. The lowest BCUT2D eigenvalue weighted by Crippen LogP contribution is -1.84. The van der Waals surface area contributed by atoms with Crippen molar-refractivity contribution in [2.24, 2.45) is 0 Å². The number of phenols is 1. The van der Waals surface area contributed by atoms with Crippen molar-refractivity contribution >= 4 is 34.0 Å². The van der Waals surface area contributed by atoms with Crippen LogP contribution < -0.4 is 0 Å². The maximum absolute atomic E-state index is 9.85. The van der Waals surface area contributed by atoms with E-state index >= 15 is 0 Å². The molecule has 0 aliphatic rings. The molecule has 1 nitrogen and oxygen atoms in total. The number of alkyl halides is 2. The van der Waals surface area contributed by atoms with Gasteiger partial charge in [0, 0.05) is 10.9 Å². The fourth-order valence-electron chi connectivity index (χ4n) is 1.45. The topological polar surface area (TPSA) is 20.2 Å². The Bertz CT molecular complexity index is 466. The van der Waals surface area contributed by atoms with Crippen LogP contribution >= 0.6 is 23.2 Å². The molecule has 0 aliphatic heterocycles. The second-order valence-corrected chi connectivity index (χ2v) is 4.12. The average molecular weight is 227 g/mol. The van der Waals surface area contributed by atoms with E-state index in [1.165, 1.54) is 0 Å². The zero-order chi connectivity index (χ0) is 10.1. The van der Waals surface area contributed by atoms with Crippen LogP contribution in [0.5, 0.6) is 5.75 Å². The standard InChI is InChI=1S/C11H8Cl2O/c12-11(13)9-6-5-7-3-1-2-4-8(7)10(9)14/h1-6,11,14H. The summed E-state index contributed by atoms with van der Waals surface area (Å²) in [6.45, 7) is 0. The molecule has 0 saturated heterocycles. The van der Waals surface area contributed by atoms with Crippen molar-refractivity contribution in [3.8, 4) is 5.75 Å². The number of aromatic hydroxyl groups is 1. The van der Waals surface area contributed by atoms with Crippen molar-refractivity contribution in [3.63, 3.8) is 0 Å². The molecule has 0 radical (unpaired) electrons. The third-order valence-corrected chi connectivity index (χ3v) is 2.64. The largest absolute Gasteiger partial charge is 0.507 e. The third-order valence-electron chi connectivity index (χ3n) is 2.17. The van der Waals surface area contributed by atoms with Gasteiger partial charge in [0.2, 0.25) is 0 Å². The Labute approximate surface area is 91.9 Å². The smallest absolute Gasteiger partial charge is 0.136 e. The van der Waals surface area contributed by atoms with Crippen LogP contribution in [0, 0.1) is 0 Å². The number of rotatable bonds is 1. The van der Waals surface area contributed by atoms with Gasteiger partial charge in [-0.1, -0.05) is 59.6 Å². The number of fused-ring (bicyclic) bond motifs is 1. The Morgan fingerprint density at radius 3 is 2.43 bits per heavy atom. The zero-order valence-electron chi connectivity index (χ0n) is 7.24. The van der Waals surface area contributed by atoms with Crippen molar-refractivity contribution in [1.29, 1.82) is 0 Å². The van der Waals surface area contributed by atoms with Crippen LogP contribution in [-0.4, -0.2) is 5.11 Å². The maximum Gasteiger partial charge on any atom is 0.136 e. The number of benzene rings is 2. The molecular formula is C11H8Cl2O. The fraction of sp³-hybridized carbons (Fsp3) is 0.0909. The first-order valence-electron chi connectivity index (χ1n) is 4.19. The minimum atomic E-state index is -0.695. The number of halogens is 2. The molecule has 0 aliphatic carbocycles. The Balaban J connectivity index is 2.75. The van der Waals surface area contributed by atoms with E-state index in [2.05, 4.69) is 0 Å². The lowest BCUT2D eigenvalue weighted by Gasteiger charge is -2.07. The van der Waals surface area contributed by atoms with E-state index in [9.17, 15) is 5.11 Å². The van der Waals surface area contributed by atoms with Crippen LogP contribution in [0.15, 0.2) is 36.4 Å². The monoisotopic (exact) mass is 226 g/mol. The molecule has 0 heterocycles. The molecule has 0 fully saturated rings. The first kappa shape index (κ1) is 9.63. The number of phenolic OH excluding ortho intramolecular Hbond substituents is 1. The summed E-state index contributed by atoms with van der Waals surface area (Å²) < 4.78 is 0. The van der Waals surface area contributed by atoms with E-state index in [1.54, 1.807) is 6.07 Å². The molecule has 1 N–H and O–H groups in total. The maximum atomic E-state index is 9.85. The summed E-state index contributed by atoms with van der Waals surface area (Å²) in [5, 5.41) is 11.6. The average Bonchev–Trinajstić information content (AvgIpc) is 2.18. The van der Waals surface area contributed by atoms with Crippen molar-refractivity contribution in [2.45, 2.75) is 4.84 Å². The first-order chi connectivity index (χ1) is 6.70. The van der Waals surface area contributed by atoms with Gasteiger partial charge in [0.05, 0.1) is 0 Å². The SMILES string of the molecule is Oc1c(C(Cl)Cl)ccc2ccccc12. The summed E-state index contributed by atoms with van der Waals surface area (Å²) in [5.41, 5.74) is 0.548. The summed E-state index contributed by atoms with van der Waals surface area (Å²) in [5.74, 6) is 0.165. The third kappa shape index (κ3) is 1.54. The van der Waals surface area contributed by atoms with Crippen LogP contribution in [0.1, 0.15) is 10.4 Å². The summed E-state index contributed by atoms with van der Waals surface area (Å²) in [6, 6.07) is 11.2. The van der Waals surface area contributed by atoms with Crippen molar-refractivity contribution in [2.75, 3.05) is 0 Å². The molecule has 72 valence electrons. The zero-order valence-corrected chi connectivity index (χ0v) is 8.76. The van der Waals surface area contributed by atoms with Crippen molar-refractivity contribution < 1.29 is 5.11 Å². The van der Waals surface area contributed by atoms with Crippen LogP contribution in [0.3, 0.4) is 0 Å². The van der Waals surface area contributed by atoms with Gasteiger partial charge in [-0.15, -0.1) is 0 Å². The molecule has 0 atom stereocenters. The normalized spacial score (nSPS) is 11.1. The molecular weight excluding hydrogens is 219 g/mol. The predicted octanol–water partition coefficient (Wildman–Crippen LogP) is 4.02. The van der Waals surface area contributed by atoms with Crippen molar-refractivity contribution in [1.82, 2.24) is 0 Å². The van der Waals surface area contributed by atoms with Gasteiger partial charge in [-0.3, -0.25) is 0 Å². The van der Waals surface area contributed by atoms with Gasteiger partial charge in [-0.05, 0) is 5.39 Å².